The van der Waals surface area contributed by atoms with E-state index in [9.17, 15) is 14.0 Å². The van der Waals surface area contributed by atoms with E-state index >= 15 is 0 Å². The second-order valence-corrected chi connectivity index (χ2v) is 5.36. The van der Waals surface area contributed by atoms with Crippen molar-refractivity contribution in [3.63, 3.8) is 0 Å². The zero-order valence-electron chi connectivity index (χ0n) is 12.0. The van der Waals surface area contributed by atoms with Crippen molar-refractivity contribution >= 4 is 17.4 Å². The number of hydrogen-bond acceptors (Lipinski definition) is 2. The number of halogens is 1. The molecule has 0 radical (unpaired) electrons. The molecule has 1 atom stereocenters. The van der Waals surface area contributed by atoms with E-state index in [-0.39, 0.29) is 23.5 Å². The molecule has 0 aliphatic carbocycles. The van der Waals surface area contributed by atoms with E-state index in [0.29, 0.717) is 13.1 Å². The van der Waals surface area contributed by atoms with Crippen molar-refractivity contribution in [2.24, 2.45) is 11.7 Å². The topological polar surface area (TPSA) is 63.4 Å². The minimum absolute atomic E-state index is 0.136. The Balaban J connectivity index is 2.07. The summed E-state index contributed by atoms with van der Waals surface area (Å²) in [4.78, 5) is 25.1. The molecule has 0 aromatic heterocycles. The highest BCUT2D eigenvalue weighted by molar-refractivity contribution is 5.95. The van der Waals surface area contributed by atoms with Gasteiger partial charge < -0.3 is 10.6 Å². The van der Waals surface area contributed by atoms with Crippen molar-refractivity contribution in [2.45, 2.75) is 19.8 Å². The number of allylic oxidation sites excluding steroid dienone is 1. The molecule has 1 fully saturated rings. The molecule has 0 spiro atoms. The van der Waals surface area contributed by atoms with Gasteiger partial charge in [0, 0.05) is 19.2 Å². The third-order valence-corrected chi connectivity index (χ3v) is 3.77. The van der Waals surface area contributed by atoms with Gasteiger partial charge in [0.2, 0.25) is 11.8 Å². The number of nitrogens with zero attached hydrogens (tertiary/aromatic N) is 1. The number of benzene rings is 1. The Morgan fingerprint density at radius 2 is 2.00 bits per heavy atom. The van der Waals surface area contributed by atoms with E-state index in [1.165, 1.54) is 18.2 Å². The molecule has 1 aliphatic rings. The molecule has 0 bridgehead atoms. The Hall–Kier alpha value is -2.17. The molecule has 1 aliphatic heterocycles. The molecule has 1 aromatic rings. The molecule has 1 saturated heterocycles. The minimum Gasteiger partial charge on any atom is -0.369 e. The van der Waals surface area contributed by atoms with E-state index in [2.05, 4.69) is 0 Å². The van der Waals surface area contributed by atoms with E-state index in [1.54, 1.807) is 24.0 Å². The zero-order chi connectivity index (χ0) is 15.4. The van der Waals surface area contributed by atoms with Gasteiger partial charge in [0.05, 0.1) is 5.92 Å². The first-order valence-electron chi connectivity index (χ1n) is 7.00. The molecule has 1 heterocycles. The highest BCUT2D eigenvalue weighted by Gasteiger charge is 2.26. The Morgan fingerprint density at radius 1 is 1.33 bits per heavy atom. The Kier molecular flexibility index (Phi) is 4.73. The van der Waals surface area contributed by atoms with Gasteiger partial charge in [-0.05, 0) is 43.0 Å². The van der Waals surface area contributed by atoms with Gasteiger partial charge in [-0.15, -0.1) is 0 Å². The van der Waals surface area contributed by atoms with E-state index in [4.69, 9.17) is 5.73 Å². The van der Waals surface area contributed by atoms with Crippen LogP contribution in [0.5, 0.6) is 0 Å². The summed E-state index contributed by atoms with van der Waals surface area (Å²) in [5.74, 6) is -1.06. The Bertz CT molecular complexity index is 566. The van der Waals surface area contributed by atoms with Crippen molar-refractivity contribution in [2.75, 3.05) is 13.1 Å². The number of primary amides is 1. The third-order valence-electron chi connectivity index (χ3n) is 3.77. The predicted molar refractivity (Wildman–Crippen MR) is 78.5 cm³/mol. The van der Waals surface area contributed by atoms with Crippen LogP contribution in [-0.2, 0) is 9.59 Å². The fourth-order valence-corrected chi connectivity index (χ4v) is 2.48. The van der Waals surface area contributed by atoms with Gasteiger partial charge in [0.1, 0.15) is 5.82 Å². The summed E-state index contributed by atoms with van der Waals surface area (Å²) in [6.07, 6.45) is 3.04. The summed E-state index contributed by atoms with van der Waals surface area (Å²) >= 11 is 0. The standard InChI is InChI=1S/C16H19FN2O2/c1-11(12-4-6-14(17)7-5-12)9-15(20)19-8-2-3-13(10-19)16(18)21/h4-7,9,13H,2-3,8,10H2,1H3,(H2,18,21)/b11-9-/t13-/m1/s1. The Labute approximate surface area is 123 Å². The van der Waals surface area contributed by atoms with Crippen molar-refractivity contribution in [3.05, 3.63) is 41.7 Å². The Morgan fingerprint density at radius 3 is 2.62 bits per heavy atom. The number of amides is 2. The number of piperidine rings is 1. The summed E-state index contributed by atoms with van der Waals surface area (Å²) in [7, 11) is 0. The first-order chi connectivity index (χ1) is 9.97. The molecule has 0 unspecified atom stereocenters. The molecule has 21 heavy (non-hydrogen) atoms. The number of hydrogen-bond donors (Lipinski definition) is 1. The average Bonchev–Trinajstić information content (AvgIpc) is 2.48. The maximum absolute atomic E-state index is 12.9. The van der Waals surface area contributed by atoms with Gasteiger partial charge in [-0.25, -0.2) is 4.39 Å². The largest absolute Gasteiger partial charge is 0.369 e. The molecule has 2 rings (SSSR count). The molecule has 5 heteroatoms. The maximum Gasteiger partial charge on any atom is 0.246 e. The van der Waals surface area contributed by atoms with Crippen LogP contribution in [0.1, 0.15) is 25.3 Å². The second-order valence-electron chi connectivity index (χ2n) is 5.36. The minimum atomic E-state index is -0.355. The van der Waals surface area contributed by atoms with Crippen LogP contribution in [0.4, 0.5) is 4.39 Å². The molecule has 4 nitrogen and oxygen atoms in total. The number of rotatable bonds is 3. The molecular weight excluding hydrogens is 271 g/mol. The fraction of sp³-hybridized carbons (Fsp3) is 0.375. The normalized spacial score (nSPS) is 19.4. The number of nitrogens with two attached hydrogens (primary N) is 1. The lowest BCUT2D eigenvalue weighted by molar-refractivity contribution is -0.130. The monoisotopic (exact) mass is 290 g/mol. The van der Waals surface area contributed by atoms with E-state index in [1.807, 2.05) is 0 Å². The van der Waals surface area contributed by atoms with E-state index in [0.717, 1.165) is 24.0 Å². The summed E-state index contributed by atoms with van der Waals surface area (Å²) in [5.41, 5.74) is 6.87. The second kappa shape index (κ2) is 6.52. The van der Waals surface area contributed by atoms with Crippen LogP contribution in [0.15, 0.2) is 30.3 Å². The first-order valence-corrected chi connectivity index (χ1v) is 7.00. The fourth-order valence-electron chi connectivity index (χ4n) is 2.48. The SMILES string of the molecule is C/C(=C/C(=O)N1CCC[C@@H](C(N)=O)C1)c1ccc(F)cc1. The van der Waals surface area contributed by atoms with Crippen LogP contribution in [-0.4, -0.2) is 29.8 Å². The van der Waals surface area contributed by atoms with Crippen molar-refractivity contribution in [1.82, 2.24) is 4.90 Å². The van der Waals surface area contributed by atoms with Gasteiger partial charge >= 0.3 is 0 Å². The molecule has 112 valence electrons. The summed E-state index contributed by atoms with van der Waals surface area (Å²) < 4.78 is 12.9. The van der Waals surface area contributed by atoms with Crippen LogP contribution in [0.3, 0.4) is 0 Å². The highest BCUT2D eigenvalue weighted by atomic mass is 19.1. The lowest BCUT2D eigenvalue weighted by Gasteiger charge is -2.30. The van der Waals surface area contributed by atoms with E-state index < -0.39 is 0 Å². The van der Waals surface area contributed by atoms with Crippen molar-refractivity contribution < 1.29 is 14.0 Å². The van der Waals surface area contributed by atoms with Gasteiger partial charge in [-0.1, -0.05) is 12.1 Å². The summed E-state index contributed by atoms with van der Waals surface area (Å²) in [5, 5.41) is 0. The van der Waals surface area contributed by atoms with Gasteiger partial charge in [-0.2, -0.15) is 0 Å². The molecule has 0 saturated carbocycles. The lowest BCUT2D eigenvalue weighted by atomic mass is 9.97. The van der Waals surface area contributed by atoms with Crippen molar-refractivity contribution in [3.8, 4) is 0 Å². The predicted octanol–water partition coefficient (Wildman–Crippen LogP) is 1.95. The lowest BCUT2D eigenvalue weighted by Crippen LogP contribution is -2.43. The average molecular weight is 290 g/mol. The van der Waals surface area contributed by atoms with Crippen LogP contribution in [0.25, 0.3) is 5.57 Å². The smallest absolute Gasteiger partial charge is 0.246 e. The number of likely N-dealkylation sites (tertiary alicyclic amines) is 1. The molecule has 1 aromatic carbocycles. The molecule has 2 amide bonds. The third kappa shape index (κ3) is 3.90. The zero-order valence-corrected chi connectivity index (χ0v) is 12.0. The molecule has 2 N–H and O–H groups in total. The van der Waals surface area contributed by atoms with Crippen LogP contribution in [0.2, 0.25) is 0 Å². The highest BCUT2D eigenvalue weighted by Crippen LogP contribution is 2.19. The summed E-state index contributed by atoms with van der Waals surface area (Å²) in [6, 6.07) is 6.00. The quantitative estimate of drug-likeness (QED) is 0.865. The van der Waals surface area contributed by atoms with Crippen LogP contribution < -0.4 is 5.73 Å². The van der Waals surface area contributed by atoms with Crippen molar-refractivity contribution in [1.29, 1.82) is 0 Å². The first kappa shape index (κ1) is 15.2. The summed E-state index contributed by atoms with van der Waals surface area (Å²) in [6.45, 7) is 2.82. The number of carbonyl (C=O) groups excluding carboxylic acids is 2. The maximum atomic E-state index is 12.9. The van der Waals surface area contributed by atoms with Gasteiger partial charge in [-0.3, -0.25) is 9.59 Å². The number of carbonyl (C=O) groups is 2. The van der Waals surface area contributed by atoms with Crippen LogP contribution in [0, 0.1) is 11.7 Å². The van der Waals surface area contributed by atoms with Crippen LogP contribution >= 0.6 is 0 Å². The van der Waals surface area contributed by atoms with Gasteiger partial charge in [0.15, 0.2) is 0 Å². The molecular formula is C16H19FN2O2. The van der Waals surface area contributed by atoms with Gasteiger partial charge in [0.25, 0.3) is 0 Å².